The van der Waals surface area contributed by atoms with Crippen LogP contribution in [0.5, 0.6) is 5.75 Å². The number of hydrogen-bond donors (Lipinski definition) is 0. The van der Waals surface area contributed by atoms with E-state index in [9.17, 15) is 9.59 Å². The molecule has 6 nitrogen and oxygen atoms in total. The molecule has 0 spiro atoms. The van der Waals surface area contributed by atoms with E-state index >= 15 is 0 Å². The first-order valence-electron chi connectivity index (χ1n) is 12.3. The molecule has 0 amide bonds. The Kier molecular flexibility index (Phi) is 7.47. The van der Waals surface area contributed by atoms with Gasteiger partial charge >= 0.3 is 5.97 Å². The number of thiazole rings is 1. The number of carbonyl (C=O) groups excluding carboxylic acids is 1. The molecule has 4 aromatic rings. The fraction of sp³-hybridized carbons (Fsp3) is 0.129. The van der Waals surface area contributed by atoms with E-state index in [0.717, 1.165) is 16.7 Å². The molecule has 1 atom stereocenters. The minimum Gasteiger partial charge on any atom is -0.490 e. The molecule has 0 N–H and O–H groups in total. The first-order valence-corrected chi connectivity index (χ1v) is 13.1. The molecule has 0 saturated heterocycles. The summed E-state index contributed by atoms with van der Waals surface area (Å²) in [5.74, 6) is 0.190. The molecule has 0 unspecified atom stereocenters. The van der Waals surface area contributed by atoms with Crippen molar-refractivity contribution < 1.29 is 14.3 Å². The van der Waals surface area contributed by atoms with Crippen molar-refractivity contribution in [3.8, 4) is 5.75 Å². The second-order valence-electron chi connectivity index (χ2n) is 8.51. The van der Waals surface area contributed by atoms with Gasteiger partial charge in [0.05, 0.1) is 28.5 Å². The number of esters is 1. The van der Waals surface area contributed by atoms with E-state index in [2.05, 4.69) is 6.58 Å². The van der Waals surface area contributed by atoms with Crippen molar-refractivity contribution in [1.29, 1.82) is 0 Å². The molecule has 0 aliphatic carbocycles. The third-order valence-corrected chi connectivity index (χ3v) is 7.00. The molecule has 3 aromatic carbocycles. The van der Waals surface area contributed by atoms with E-state index in [1.807, 2.05) is 91.0 Å². The van der Waals surface area contributed by atoms with Crippen molar-refractivity contribution in [2.75, 3.05) is 13.2 Å². The summed E-state index contributed by atoms with van der Waals surface area (Å²) in [4.78, 5) is 32.7. The van der Waals surface area contributed by atoms with Crippen LogP contribution in [0.3, 0.4) is 0 Å². The van der Waals surface area contributed by atoms with Gasteiger partial charge in [0.2, 0.25) is 0 Å². The molecule has 1 aromatic heterocycles. The zero-order chi connectivity index (χ0) is 26.5. The fourth-order valence-electron chi connectivity index (χ4n) is 4.39. The van der Waals surface area contributed by atoms with Crippen LogP contribution in [-0.4, -0.2) is 23.8 Å². The van der Waals surface area contributed by atoms with Gasteiger partial charge < -0.3 is 9.47 Å². The first kappa shape index (κ1) is 25.2. The van der Waals surface area contributed by atoms with Gasteiger partial charge in [0.25, 0.3) is 5.56 Å². The van der Waals surface area contributed by atoms with E-state index in [4.69, 9.17) is 14.5 Å². The Morgan fingerprint density at radius 3 is 2.50 bits per heavy atom. The quantitative estimate of drug-likeness (QED) is 0.252. The van der Waals surface area contributed by atoms with Gasteiger partial charge in [-0.05, 0) is 36.3 Å². The van der Waals surface area contributed by atoms with Gasteiger partial charge in [-0.1, -0.05) is 96.8 Å². The zero-order valence-electron chi connectivity index (χ0n) is 20.9. The van der Waals surface area contributed by atoms with E-state index in [0.29, 0.717) is 33.0 Å². The first-order chi connectivity index (χ1) is 18.6. The Morgan fingerprint density at radius 2 is 1.79 bits per heavy atom. The molecular weight excluding hydrogens is 496 g/mol. The van der Waals surface area contributed by atoms with E-state index in [1.165, 1.54) is 11.3 Å². The molecule has 0 bridgehead atoms. The van der Waals surface area contributed by atoms with Crippen LogP contribution in [-0.2, 0) is 9.53 Å². The summed E-state index contributed by atoms with van der Waals surface area (Å²) in [6, 6.07) is 25.9. The standard InChI is InChI=1S/C31H26N2O4S/c1-3-18-37-24-17-11-12-21(19-24)20-25-29(34)33-28(23-15-9-6-10-16-23)26(30(35)36-4-2)27(32-31(33)38-25)22-13-7-5-8-14-22/h3,5-17,19-20,28H,1,4,18H2,2H3/b25-20-/t28-/m1/s1. The van der Waals surface area contributed by atoms with Crippen LogP contribution >= 0.6 is 11.3 Å². The van der Waals surface area contributed by atoms with Gasteiger partial charge in [0, 0.05) is 5.56 Å². The Labute approximate surface area is 224 Å². The molecule has 190 valence electrons. The lowest BCUT2D eigenvalue weighted by molar-refractivity contribution is -0.138. The second kappa shape index (κ2) is 11.3. The van der Waals surface area contributed by atoms with Crippen molar-refractivity contribution in [3.63, 3.8) is 0 Å². The lowest BCUT2D eigenvalue weighted by Gasteiger charge is -2.25. The number of fused-ring (bicyclic) bond motifs is 1. The Morgan fingerprint density at radius 1 is 1.05 bits per heavy atom. The highest BCUT2D eigenvalue weighted by Crippen LogP contribution is 2.35. The summed E-state index contributed by atoms with van der Waals surface area (Å²) in [5, 5.41) is 0. The third-order valence-electron chi connectivity index (χ3n) is 6.01. The summed E-state index contributed by atoms with van der Waals surface area (Å²) in [6.45, 7) is 6.05. The highest BCUT2D eigenvalue weighted by Gasteiger charge is 2.35. The predicted octanol–water partition coefficient (Wildman–Crippen LogP) is 4.50. The molecule has 0 fully saturated rings. The van der Waals surface area contributed by atoms with Crippen LogP contribution in [0.2, 0.25) is 0 Å². The number of hydrogen-bond acceptors (Lipinski definition) is 6. The summed E-state index contributed by atoms with van der Waals surface area (Å²) in [7, 11) is 0. The summed E-state index contributed by atoms with van der Waals surface area (Å²) < 4.78 is 13.2. The lowest BCUT2D eigenvalue weighted by Crippen LogP contribution is -2.39. The van der Waals surface area contributed by atoms with Gasteiger partial charge in [-0.3, -0.25) is 9.36 Å². The molecule has 0 radical (unpaired) electrons. The minimum atomic E-state index is -0.689. The van der Waals surface area contributed by atoms with Gasteiger partial charge in [-0.2, -0.15) is 0 Å². The number of rotatable bonds is 8. The maximum Gasteiger partial charge on any atom is 0.338 e. The number of ether oxygens (including phenoxy) is 2. The van der Waals surface area contributed by atoms with Gasteiger partial charge in [-0.15, -0.1) is 0 Å². The van der Waals surface area contributed by atoms with Gasteiger partial charge in [0.1, 0.15) is 12.4 Å². The number of benzene rings is 3. The van der Waals surface area contributed by atoms with Crippen molar-refractivity contribution in [3.05, 3.63) is 140 Å². The SMILES string of the molecule is C=CCOc1cccc(/C=c2\sc3n(c2=O)[C@H](c2ccccc2)C(C(=O)OCC)=C(c2ccccc2)N=3)c1. The normalized spacial score (nSPS) is 15.0. The predicted molar refractivity (Wildman–Crippen MR) is 150 cm³/mol. The van der Waals surface area contributed by atoms with Crippen molar-refractivity contribution >= 4 is 29.1 Å². The van der Waals surface area contributed by atoms with Crippen LogP contribution < -0.4 is 19.6 Å². The smallest absolute Gasteiger partial charge is 0.338 e. The van der Waals surface area contributed by atoms with E-state index in [-0.39, 0.29) is 12.2 Å². The molecule has 7 heteroatoms. The number of nitrogens with zero attached hydrogens (tertiary/aromatic N) is 2. The van der Waals surface area contributed by atoms with Crippen molar-refractivity contribution in [2.24, 2.45) is 4.99 Å². The molecular formula is C31H26N2O4S. The molecule has 5 rings (SSSR count). The molecule has 1 aliphatic rings. The Balaban J connectivity index is 1.76. The largest absolute Gasteiger partial charge is 0.490 e. The number of carbonyl (C=O) groups is 1. The lowest BCUT2D eigenvalue weighted by atomic mass is 9.93. The highest BCUT2D eigenvalue weighted by molar-refractivity contribution is 7.07. The Hall–Kier alpha value is -4.49. The summed E-state index contributed by atoms with van der Waals surface area (Å²) in [5.41, 5.74) is 3.01. The molecule has 2 heterocycles. The zero-order valence-corrected chi connectivity index (χ0v) is 21.7. The monoisotopic (exact) mass is 522 g/mol. The summed E-state index contributed by atoms with van der Waals surface area (Å²) >= 11 is 1.29. The average Bonchev–Trinajstić information content (AvgIpc) is 3.26. The van der Waals surface area contributed by atoms with E-state index < -0.39 is 12.0 Å². The number of aromatic nitrogens is 1. The van der Waals surface area contributed by atoms with Gasteiger partial charge in [0.15, 0.2) is 4.80 Å². The van der Waals surface area contributed by atoms with Crippen LogP contribution in [0.4, 0.5) is 0 Å². The van der Waals surface area contributed by atoms with E-state index in [1.54, 1.807) is 17.6 Å². The van der Waals surface area contributed by atoms with Crippen LogP contribution in [0.25, 0.3) is 11.8 Å². The minimum absolute atomic E-state index is 0.209. The highest BCUT2D eigenvalue weighted by atomic mass is 32.1. The van der Waals surface area contributed by atoms with Crippen molar-refractivity contribution in [1.82, 2.24) is 4.57 Å². The van der Waals surface area contributed by atoms with Crippen LogP contribution in [0.1, 0.15) is 29.7 Å². The van der Waals surface area contributed by atoms with Gasteiger partial charge in [-0.25, -0.2) is 9.79 Å². The second-order valence-corrected chi connectivity index (χ2v) is 9.52. The summed E-state index contributed by atoms with van der Waals surface area (Å²) in [6.07, 6.45) is 3.50. The maximum absolute atomic E-state index is 13.9. The molecule has 0 saturated carbocycles. The average molecular weight is 523 g/mol. The molecule has 38 heavy (non-hydrogen) atoms. The maximum atomic E-state index is 13.9. The van der Waals surface area contributed by atoms with Crippen LogP contribution in [0, 0.1) is 0 Å². The van der Waals surface area contributed by atoms with Crippen molar-refractivity contribution in [2.45, 2.75) is 13.0 Å². The fourth-order valence-corrected chi connectivity index (χ4v) is 5.39. The third kappa shape index (κ3) is 5.01. The molecule has 1 aliphatic heterocycles. The van der Waals surface area contributed by atoms with Crippen LogP contribution in [0.15, 0.2) is 113 Å². The Bertz CT molecular complexity index is 1690. The topological polar surface area (TPSA) is 69.9 Å².